The second kappa shape index (κ2) is 15.5. The van der Waals surface area contributed by atoms with Crippen molar-refractivity contribution in [2.75, 3.05) is 6.61 Å². The van der Waals surface area contributed by atoms with Gasteiger partial charge in [-0.25, -0.2) is 0 Å². The van der Waals surface area contributed by atoms with Crippen molar-refractivity contribution >= 4 is 63.7 Å². The van der Waals surface area contributed by atoms with Gasteiger partial charge >= 0.3 is 296 Å². The minimum atomic E-state index is -1.36. The van der Waals surface area contributed by atoms with Crippen LogP contribution in [0.5, 0.6) is 0 Å². The summed E-state index contributed by atoms with van der Waals surface area (Å²) in [6, 6.07) is 19.3. The molecule has 11 nitrogen and oxygen atoms in total. The molecule has 5 rings (SSSR count). The monoisotopic (exact) mass is 784 g/mol. The number of aliphatic imine (C=N–C) groups is 1. The van der Waals surface area contributed by atoms with Crippen LogP contribution in [0.2, 0.25) is 0 Å². The molecule has 3 aromatic rings. The summed E-state index contributed by atoms with van der Waals surface area (Å²) in [5, 5.41) is 0. The normalized spacial score (nSPS) is 22.0. The van der Waals surface area contributed by atoms with Crippen LogP contribution in [0.1, 0.15) is 64.6 Å². The van der Waals surface area contributed by atoms with E-state index in [-0.39, 0.29) is 24.2 Å². The average molecular weight is 782 g/mol. The molecule has 0 radical (unpaired) electrons. The van der Waals surface area contributed by atoms with E-state index in [2.05, 4.69) is 12.1 Å². The molecular weight excluding hydrogens is 744 g/mol. The molecule has 256 valence electrons. The second-order valence-corrected chi connectivity index (χ2v) is 15.3. The van der Waals surface area contributed by atoms with E-state index in [0.717, 1.165) is 34.6 Å². The summed E-state index contributed by atoms with van der Waals surface area (Å²) < 4.78 is 25.3. The Morgan fingerprint density at radius 1 is 0.755 bits per heavy atom. The third-order valence-corrected chi connectivity index (χ3v) is 11.1. The predicted octanol–water partition coefficient (Wildman–Crippen LogP) is 3.92. The molecule has 5 atom stereocenters. The average Bonchev–Trinajstić information content (AvgIpc) is 3.29. The van der Waals surface area contributed by atoms with E-state index < -0.39 is 81.1 Å². The summed E-state index contributed by atoms with van der Waals surface area (Å²) in [7, 11) is 0. The molecule has 0 spiro atoms. The number of esters is 3. The molecule has 12 heteroatoms. The molecule has 49 heavy (non-hydrogen) atoms. The maximum absolute atomic E-state index is 14.0. The van der Waals surface area contributed by atoms with Crippen molar-refractivity contribution in [1.29, 1.82) is 0 Å². The number of fused-ring (bicyclic) bond motifs is 1. The number of rotatable bonds is 10. The number of hydrogen-bond acceptors (Lipinski definition) is 10. The van der Waals surface area contributed by atoms with E-state index in [1.165, 1.54) is 20.8 Å². The van der Waals surface area contributed by atoms with Crippen LogP contribution in [0.25, 0.3) is 0 Å². The van der Waals surface area contributed by atoms with Crippen LogP contribution in [-0.2, 0) is 33.3 Å². The third kappa shape index (κ3) is 8.27. The van der Waals surface area contributed by atoms with Crippen LogP contribution in [0.15, 0.2) is 71.7 Å². The van der Waals surface area contributed by atoms with E-state index >= 15 is 0 Å². The molecule has 0 saturated carbocycles. The van der Waals surface area contributed by atoms with Crippen molar-refractivity contribution in [3.8, 4) is 0 Å². The van der Waals surface area contributed by atoms with Crippen LogP contribution >= 0.6 is 0 Å². The van der Waals surface area contributed by atoms with E-state index in [4.69, 9.17) is 23.9 Å². The van der Waals surface area contributed by atoms with Crippen LogP contribution < -0.4 is 3.61 Å². The van der Waals surface area contributed by atoms with Gasteiger partial charge in [-0.15, -0.1) is 0 Å². The zero-order valence-corrected chi connectivity index (χ0v) is 30.5. The van der Waals surface area contributed by atoms with Gasteiger partial charge in [0.1, 0.15) is 0 Å². The van der Waals surface area contributed by atoms with Crippen LogP contribution in [0.4, 0.5) is 5.69 Å². The zero-order chi connectivity index (χ0) is 35.4. The Balaban J connectivity index is 1.67. The molecular formula is C37H38N2O9Te. The molecule has 3 aromatic carbocycles. The summed E-state index contributed by atoms with van der Waals surface area (Å²) in [6.07, 6.45) is -4.65. The Kier molecular flexibility index (Phi) is 11.3. The van der Waals surface area contributed by atoms with Gasteiger partial charge in [0.05, 0.1) is 0 Å². The van der Waals surface area contributed by atoms with Crippen molar-refractivity contribution in [1.82, 2.24) is 4.90 Å². The molecule has 0 bridgehead atoms. The Hall–Kier alpha value is -4.37. The molecule has 2 aliphatic heterocycles. The second-order valence-electron chi connectivity index (χ2n) is 12.0. The SMILES string of the molecule is CC(=O)OC[C@H]1O[C@@H](CC(=Nc2c(C)cccc2C)[Te]c2ccc(C)cc2)[C@H](N2C(=O)c3ccccc3C2=O)[C@@H](OC(C)=O)[C@@H]1OC(C)=O. The van der Waals surface area contributed by atoms with Crippen molar-refractivity contribution in [2.45, 2.75) is 78.4 Å². The number of imide groups is 1. The van der Waals surface area contributed by atoms with Gasteiger partial charge in [-0.2, -0.15) is 0 Å². The summed E-state index contributed by atoms with van der Waals surface area (Å²) in [5.74, 6) is -3.24. The number of carbonyl (C=O) groups is 5. The van der Waals surface area contributed by atoms with Crippen molar-refractivity contribution in [2.24, 2.45) is 4.99 Å². The maximum atomic E-state index is 14.0. The summed E-state index contributed by atoms with van der Waals surface area (Å²) in [4.78, 5) is 71.3. The Bertz CT molecular complexity index is 1750. The third-order valence-electron chi connectivity index (χ3n) is 8.24. The number of aryl methyl sites for hydroxylation is 3. The van der Waals surface area contributed by atoms with Gasteiger partial charge in [-0.3, -0.25) is 0 Å². The van der Waals surface area contributed by atoms with Gasteiger partial charge in [-0.05, 0) is 0 Å². The van der Waals surface area contributed by atoms with Crippen LogP contribution in [0.3, 0.4) is 0 Å². The van der Waals surface area contributed by atoms with E-state index in [1.807, 2.05) is 51.1 Å². The molecule has 0 unspecified atom stereocenters. The molecule has 0 N–H and O–H groups in total. The number of hydrogen-bond donors (Lipinski definition) is 0. The van der Waals surface area contributed by atoms with E-state index in [9.17, 15) is 24.0 Å². The predicted molar refractivity (Wildman–Crippen MR) is 181 cm³/mol. The molecule has 1 fully saturated rings. The van der Waals surface area contributed by atoms with Gasteiger partial charge in [0.15, 0.2) is 0 Å². The number of ether oxygens (including phenoxy) is 4. The van der Waals surface area contributed by atoms with Crippen molar-refractivity contribution in [3.05, 3.63) is 94.5 Å². The van der Waals surface area contributed by atoms with Crippen molar-refractivity contribution < 1.29 is 42.9 Å². The first-order valence-corrected chi connectivity index (χ1v) is 18.2. The van der Waals surface area contributed by atoms with Gasteiger partial charge in [-0.1, -0.05) is 0 Å². The molecule has 2 heterocycles. The van der Waals surface area contributed by atoms with Crippen molar-refractivity contribution in [3.63, 3.8) is 0 Å². The van der Waals surface area contributed by atoms with E-state index in [1.54, 1.807) is 24.3 Å². The summed E-state index contributed by atoms with van der Waals surface area (Å²) >= 11 is -1.16. The molecule has 0 aliphatic carbocycles. The van der Waals surface area contributed by atoms with Crippen LogP contribution in [0, 0.1) is 20.8 Å². The first kappa shape index (κ1) is 35.9. The molecule has 0 aromatic heterocycles. The van der Waals surface area contributed by atoms with E-state index in [0.29, 0.717) is 0 Å². The number of para-hydroxylation sites is 1. The fourth-order valence-corrected chi connectivity index (χ4v) is 8.74. The van der Waals surface area contributed by atoms with Gasteiger partial charge in [0.2, 0.25) is 0 Å². The Labute approximate surface area is 295 Å². The first-order chi connectivity index (χ1) is 23.3. The number of benzene rings is 3. The topological polar surface area (TPSA) is 138 Å². The Morgan fingerprint density at radius 3 is 1.88 bits per heavy atom. The van der Waals surface area contributed by atoms with Gasteiger partial charge in [0, 0.05) is 0 Å². The molecule has 2 amide bonds. The number of nitrogens with zero attached hydrogens (tertiary/aromatic N) is 2. The zero-order valence-electron chi connectivity index (χ0n) is 28.1. The summed E-state index contributed by atoms with van der Waals surface area (Å²) in [5.41, 5.74) is 4.23. The van der Waals surface area contributed by atoms with Crippen LogP contribution in [-0.4, -0.2) is 96.4 Å². The Morgan fingerprint density at radius 2 is 1.33 bits per heavy atom. The minimum absolute atomic E-state index is 0.128. The number of amides is 2. The van der Waals surface area contributed by atoms with Gasteiger partial charge in [0.25, 0.3) is 0 Å². The first-order valence-electron chi connectivity index (χ1n) is 15.8. The summed E-state index contributed by atoms with van der Waals surface area (Å²) in [6.45, 7) is 9.22. The fourth-order valence-electron chi connectivity index (χ4n) is 6.09. The molecule has 1 saturated heterocycles. The fraction of sp³-hybridized carbons (Fsp3) is 0.351. The molecule has 2 aliphatic rings. The standard InChI is InChI=1S/C37H38N2O9Te/c1-20-14-16-26(17-15-20)49-31(38-32-21(2)10-9-11-22(32)3)18-29-33(39-36(43)27-12-7-8-13-28(27)37(39)44)35(47-25(6)42)34(46-24(5)41)30(48-29)19-45-23(4)40/h7-17,29-30,33-35H,18-19H2,1-6H3/t29-,30+,33-,34+,35+/m0/s1. The van der Waals surface area contributed by atoms with Gasteiger partial charge < -0.3 is 0 Å². The quantitative estimate of drug-likeness (QED) is 0.0986. The number of carbonyl (C=O) groups excluding carboxylic acids is 5.